The van der Waals surface area contributed by atoms with Crippen LogP contribution in [-0.4, -0.2) is 23.8 Å². The minimum Gasteiger partial charge on any atom is -0.456 e. The summed E-state index contributed by atoms with van der Waals surface area (Å²) >= 11 is 1.81. The fourth-order valence-electron chi connectivity index (χ4n) is 5.29. The SMILES string of the molecule is CC(C)(O)C(C)(C)O[B]c1c(-c2cccc3sc4ccccc4c23)ccc2oc3cc4ccccc4cc3c12. The monoisotopic (exact) mass is 527 g/mol. The number of furan rings is 1. The lowest BCUT2D eigenvalue weighted by Gasteiger charge is -2.37. The number of fused-ring (bicyclic) bond motifs is 7. The maximum absolute atomic E-state index is 10.8. The molecule has 5 aromatic carbocycles. The van der Waals surface area contributed by atoms with Gasteiger partial charge >= 0.3 is 7.48 Å². The van der Waals surface area contributed by atoms with Gasteiger partial charge in [0, 0.05) is 30.9 Å². The van der Waals surface area contributed by atoms with Gasteiger partial charge in [0.2, 0.25) is 0 Å². The molecule has 0 atom stereocenters. The lowest BCUT2D eigenvalue weighted by atomic mass is 9.76. The van der Waals surface area contributed by atoms with E-state index in [2.05, 4.69) is 84.9 Å². The first-order valence-electron chi connectivity index (χ1n) is 13.2. The van der Waals surface area contributed by atoms with Crippen LogP contribution >= 0.6 is 11.3 Å². The van der Waals surface area contributed by atoms with E-state index < -0.39 is 11.2 Å². The summed E-state index contributed by atoms with van der Waals surface area (Å²) in [4.78, 5) is 0. The van der Waals surface area contributed by atoms with Gasteiger partial charge in [-0.15, -0.1) is 11.3 Å². The van der Waals surface area contributed by atoms with Gasteiger partial charge in [-0.3, -0.25) is 0 Å². The van der Waals surface area contributed by atoms with Crippen LogP contribution in [0.4, 0.5) is 0 Å². The van der Waals surface area contributed by atoms with E-state index in [0.29, 0.717) is 0 Å². The number of benzene rings is 5. The van der Waals surface area contributed by atoms with Gasteiger partial charge < -0.3 is 14.2 Å². The Morgan fingerprint density at radius 1 is 0.692 bits per heavy atom. The minimum atomic E-state index is -1.05. The zero-order valence-electron chi connectivity index (χ0n) is 22.4. The number of aliphatic hydroxyl groups is 1. The number of rotatable bonds is 5. The van der Waals surface area contributed by atoms with Crippen LogP contribution in [0.15, 0.2) is 95.4 Å². The predicted molar refractivity (Wildman–Crippen MR) is 166 cm³/mol. The third-order valence-corrected chi connectivity index (χ3v) is 9.32. The van der Waals surface area contributed by atoms with Crippen LogP contribution in [0, 0.1) is 0 Å². The van der Waals surface area contributed by atoms with E-state index in [4.69, 9.17) is 9.07 Å². The van der Waals surface area contributed by atoms with Gasteiger partial charge in [0.1, 0.15) is 11.2 Å². The Bertz CT molecular complexity index is 2040. The van der Waals surface area contributed by atoms with Crippen LogP contribution in [0.25, 0.3) is 64.0 Å². The van der Waals surface area contributed by atoms with E-state index in [0.717, 1.165) is 49.3 Å². The van der Waals surface area contributed by atoms with Gasteiger partial charge in [0.25, 0.3) is 0 Å². The molecule has 0 saturated carbocycles. The summed E-state index contributed by atoms with van der Waals surface area (Å²) in [7, 11) is 1.83. The van der Waals surface area contributed by atoms with Crippen molar-refractivity contribution in [2.45, 2.75) is 38.9 Å². The average Bonchev–Trinajstić information content (AvgIpc) is 3.47. The summed E-state index contributed by atoms with van der Waals surface area (Å²) in [6.45, 7) is 7.38. The van der Waals surface area contributed by atoms with Gasteiger partial charge in [-0.2, -0.15) is 0 Å². The second-order valence-electron chi connectivity index (χ2n) is 11.3. The van der Waals surface area contributed by atoms with Gasteiger partial charge in [-0.25, -0.2) is 0 Å². The largest absolute Gasteiger partial charge is 0.456 e. The second kappa shape index (κ2) is 8.69. The number of hydrogen-bond donors (Lipinski definition) is 1. The topological polar surface area (TPSA) is 42.6 Å². The third-order valence-electron chi connectivity index (χ3n) is 8.18. The average molecular weight is 527 g/mol. The maximum Gasteiger partial charge on any atom is 0.332 e. The minimum absolute atomic E-state index is 0.808. The quantitative estimate of drug-likeness (QED) is 0.228. The summed E-state index contributed by atoms with van der Waals surface area (Å²) in [6.07, 6.45) is 0. The molecule has 0 amide bonds. The van der Waals surface area contributed by atoms with Crippen molar-refractivity contribution in [1.29, 1.82) is 0 Å². The molecule has 1 N–H and O–H groups in total. The molecule has 0 unspecified atom stereocenters. The van der Waals surface area contributed by atoms with Gasteiger partial charge in [-0.1, -0.05) is 60.7 Å². The van der Waals surface area contributed by atoms with Crippen LogP contribution in [0.2, 0.25) is 0 Å². The first-order chi connectivity index (χ1) is 18.7. The molecule has 39 heavy (non-hydrogen) atoms. The molecule has 7 rings (SSSR count). The van der Waals surface area contributed by atoms with E-state index in [-0.39, 0.29) is 0 Å². The highest BCUT2D eigenvalue weighted by Gasteiger charge is 2.36. The van der Waals surface area contributed by atoms with E-state index in [1.165, 1.54) is 20.2 Å². The Balaban J connectivity index is 1.55. The summed E-state index contributed by atoms with van der Waals surface area (Å²) < 4.78 is 15.4. The molecule has 0 aliphatic carbocycles. The van der Waals surface area contributed by atoms with Gasteiger partial charge in [0.05, 0.1) is 11.2 Å². The van der Waals surface area contributed by atoms with E-state index in [1.807, 2.05) is 38.7 Å². The number of thiophene rings is 1. The van der Waals surface area contributed by atoms with Crippen LogP contribution in [-0.2, 0) is 4.65 Å². The Labute approximate surface area is 231 Å². The zero-order valence-corrected chi connectivity index (χ0v) is 23.2. The molecular formula is C34H28BO3S. The highest BCUT2D eigenvalue weighted by Crippen LogP contribution is 2.41. The van der Waals surface area contributed by atoms with Crippen LogP contribution in [0.5, 0.6) is 0 Å². The first-order valence-corrected chi connectivity index (χ1v) is 14.0. The van der Waals surface area contributed by atoms with Crippen molar-refractivity contribution in [2.24, 2.45) is 0 Å². The molecule has 7 aromatic rings. The molecule has 1 radical (unpaired) electrons. The van der Waals surface area contributed by atoms with Crippen molar-refractivity contribution in [2.75, 3.05) is 0 Å². The Hall–Kier alpha value is -3.64. The summed E-state index contributed by atoms with van der Waals surface area (Å²) in [5, 5.41) is 17.7. The maximum atomic E-state index is 10.8. The number of hydrogen-bond acceptors (Lipinski definition) is 4. The molecule has 0 aliphatic rings. The third kappa shape index (κ3) is 3.88. The molecule has 5 heteroatoms. The fraction of sp³-hybridized carbons (Fsp3) is 0.176. The molecule has 191 valence electrons. The van der Waals surface area contributed by atoms with Crippen molar-refractivity contribution >= 4 is 77.2 Å². The summed E-state index contributed by atoms with van der Waals surface area (Å²) in [5.41, 5.74) is 2.95. The van der Waals surface area contributed by atoms with E-state index >= 15 is 0 Å². The van der Waals surface area contributed by atoms with Crippen LogP contribution in [0.3, 0.4) is 0 Å². The van der Waals surface area contributed by atoms with Gasteiger partial charge in [-0.05, 0) is 85.4 Å². The Kier molecular flexibility index (Phi) is 5.44. The fourth-order valence-corrected chi connectivity index (χ4v) is 6.42. The second-order valence-corrected chi connectivity index (χ2v) is 12.4. The summed E-state index contributed by atoms with van der Waals surface area (Å²) in [5.74, 6) is 0. The van der Waals surface area contributed by atoms with Crippen molar-refractivity contribution in [1.82, 2.24) is 0 Å². The highest BCUT2D eigenvalue weighted by atomic mass is 32.1. The van der Waals surface area contributed by atoms with Crippen molar-refractivity contribution in [3.8, 4) is 11.1 Å². The van der Waals surface area contributed by atoms with Crippen molar-refractivity contribution < 1.29 is 14.2 Å². The Morgan fingerprint density at radius 3 is 2.21 bits per heavy atom. The lowest BCUT2D eigenvalue weighted by Crippen LogP contribution is -2.49. The summed E-state index contributed by atoms with van der Waals surface area (Å²) in [6, 6.07) is 32.0. The van der Waals surface area contributed by atoms with Crippen molar-refractivity contribution in [3.63, 3.8) is 0 Å². The first kappa shape index (κ1) is 24.4. The molecule has 2 heterocycles. The van der Waals surface area contributed by atoms with Crippen molar-refractivity contribution in [3.05, 3.63) is 91.0 Å². The normalized spacial score (nSPS) is 12.8. The molecule has 0 aliphatic heterocycles. The molecular weight excluding hydrogens is 499 g/mol. The lowest BCUT2D eigenvalue weighted by molar-refractivity contribution is -0.0892. The van der Waals surface area contributed by atoms with Crippen LogP contribution < -0.4 is 5.46 Å². The molecule has 0 saturated heterocycles. The molecule has 2 aromatic heterocycles. The predicted octanol–water partition coefficient (Wildman–Crippen LogP) is 8.58. The Morgan fingerprint density at radius 2 is 1.41 bits per heavy atom. The standard InChI is InChI=1S/C34H28BO3S/c1-33(2,36)34(3,4)38-35-32-23(22-13-9-15-29-30(22)24-12-7-8-14-28(24)39-29)16-17-26-31(32)25-18-20-10-5-6-11-21(20)19-27(25)37-26/h5-19,36H,1-4H3. The molecule has 0 spiro atoms. The van der Waals surface area contributed by atoms with Crippen LogP contribution in [0.1, 0.15) is 27.7 Å². The van der Waals surface area contributed by atoms with Gasteiger partial charge in [0.15, 0.2) is 0 Å². The smallest absolute Gasteiger partial charge is 0.332 e. The van der Waals surface area contributed by atoms with E-state index in [9.17, 15) is 5.11 Å². The molecule has 3 nitrogen and oxygen atoms in total. The molecule has 0 bridgehead atoms. The zero-order chi connectivity index (χ0) is 26.9. The highest BCUT2D eigenvalue weighted by molar-refractivity contribution is 7.25. The van der Waals surface area contributed by atoms with E-state index in [1.54, 1.807) is 13.8 Å². The molecule has 0 fully saturated rings.